The molecule has 1 aliphatic rings. The van der Waals surface area contributed by atoms with Gasteiger partial charge < -0.3 is 10.6 Å². The molecule has 0 amide bonds. The first-order chi connectivity index (χ1) is 9.13. The second kappa shape index (κ2) is 6.84. The number of rotatable bonds is 6. The number of aryl methyl sites for hydroxylation is 1. The molecular formula is C15H27N3S. The van der Waals surface area contributed by atoms with Crippen LogP contribution in [-0.4, -0.2) is 43.2 Å². The Kier molecular flexibility index (Phi) is 5.39. The highest BCUT2D eigenvalue weighted by molar-refractivity contribution is 7.10. The van der Waals surface area contributed by atoms with Crippen molar-refractivity contribution < 1.29 is 0 Å². The van der Waals surface area contributed by atoms with Crippen LogP contribution in [0, 0.1) is 0 Å². The lowest BCUT2D eigenvalue weighted by atomic mass is 10.0. The van der Waals surface area contributed by atoms with Crippen LogP contribution in [0.4, 0.5) is 0 Å². The molecule has 1 aliphatic heterocycles. The molecule has 2 N–H and O–H groups in total. The fourth-order valence-corrected chi connectivity index (χ4v) is 3.65. The Morgan fingerprint density at radius 2 is 2.11 bits per heavy atom. The molecule has 108 valence electrons. The van der Waals surface area contributed by atoms with Gasteiger partial charge >= 0.3 is 0 Å². The van der Waals surface area contributed by atoms with E-state index in [0.717, 1.165) is 45.7 Å². The molecule has 0 bridgehead atoms. The Bertz CT molecular complexity index is 380. The van der Waals surface area contributed by atoms with Crippen LogP contribution in [0.1, 0.15) is 31.2 Å². The Morgan fingerprint density at radius 1 is 1.37 bits per heavy atom. The van der Waals surface area contributed by atoms with Gasteiger partial charge in [0.25, 0.3) is 0 Å². The van der Waals surface area contributed by atoms with E-state index in [2.05, 4.69) is 47.8 Å². The highest BCUT2D eigenvalue weighted by Gasteiger charge is 2.27. The second-order valence-electron chi connectivity index (χ2n) is 5.88. The van der Waals surface area contributed by atoms with E-state index < -0.39 is 0 Å². The zero-order valence-electron chi connectivity index (χ0n) is 12.5. The third-order valence-corrected chi connectivity index (χ3v) is 5.00. The van der Waals surface area contributed by atoms with E-state index in [4.69, 9.17) is 0 Å². The predicted molar refractivity (Wildman–Crippen MR) is 83.9 cm³/mol. The highest BCUT2D eigenvalue weighted by Crippen LogP contribution is 2.18. The first kappa shape index (κ1) is 15.0. The summed E-state index contributed by atoms with van der Waals surface area (Å²) in [7, 11) is 0. The zero-order chi connectivity index (χ0) is 13.7. The van der Waals surface area contributed by atoms with Crippen LogP contribution in [0.25, 0.3) is 0 Å². The fraction of sp³-hybridized carbons (Fsp3) is 0.733. The maximum Gasteiger partial charge on any atom is 0.0303 e. The number of hydrogen-bond acceptors (Lipinski definition) is 4. The van der Waals surface area contributed by atoms with Gasteiger partial charge in [-0.05, 0) is 37.3 Å². The van der Waals surface area contributed by atoms with Crippen molar-refractivity contribution in [3.05, 3.63) is 21.9 Å². The van der Waals surface area contributed by atoms with Gasteiger partial charge in [0.2, 0.25) is 0 Å². The lowest BCUT2D eigenvalue weighted by Crippen LogP contribution is -2.57. The Balaban J connectivity index is 1.80. The number of piperazine rings is 1. The first-order valence-electron chi connectivity index (χ1n) is 7.35. The molecule has 1 saturated heterocycles. The van der Waals surface area contributed by atoms with Crippen molar-refractivity contribution in [1.82, 2.24) is 15.5 Å². The van der Waals surface area contributed by atoms with Crippen LogP contribution in [0.5, 0.6) is 0 Å². The summed E-state index contributed by atoms with van der Waals surface area (Å²) in [5.74, 6) is 0. The zero-order valence-corrected chi connectivity index (χ0v) is 13.3. The predicted octanol–water partition coefficient (Wildman–Crippen LogP) is 2.08. The quantitative estimate of drug-likeness (QED) is 0.836. The minimum atomic E-state index is 0.242. The standard InChI is InChI=1S/C15H27N3S/c1-4-13-5-10-19-14(13)11-17-12-15(2,3)18-8-6-16-7-9-18/h5,10,16-17H,4,6-9,11-12H2,1-3H3. The molecule has 1 aromatic heterocycles. The van der Waals surface area contributed by atoms with Crippen molar-refractivity contribution in [2.24, 2.45) is 0 Å². The molecule has 3 nitrogen and oxygen atoms in total. The van der Waals surface area contributed by atoms with Crippen molar-refractivity contribution in [3.63, 3.8) is 0 Å². The Labute approximate surface area is 121 Å². The largest absolute Gasteiger partial charge is 0.314 e. The van der Waals surface area contributed by atoms with E-state index in [1.165, 1.54) is 10.4 Å². The molecule has 0 aliphatic carbocycles. The molecular weight excluding hydrogens is 254 g/mol. The Morgan fingerprint density at radius 3 is 2.79 bits per heavy atom. The SMILES string of the molecule is CCc1ccsc1CNCC(C)(C)N1CCNCC1. The number of hydrogen-bond donors (Lipinski definition) is 2. The molecule has 0 radical (unpaired) electrons. The van der Waals surface area contributed by atoms with Crippen LogP contribution in [0.3, 0.4) is 0 Å². The summed E-state index contributed by atoms with van der Waals surface area (Å²) >= 11 is 1.87. The molecule has 2 heterocycles. The van der Waals surface area contributed by atoms with Crippen LogP contribution < -0.4 is 10.6 Å². The summed E-state index contributed by atoms with van der Waals surface area (Å²) in [6.07, 6.45) is 1.14. The van der Waals surface area contributed by atoms with E-state index in [-0.39, 0.29) is 5.54 Å². The molecule has 2 rings (SSSR count). The average molecular weight is 281 g/mol. The van der Waals surface area contributed by atoms with Crippen LogP contribution >= 0.6 is 11.3 Å². The van der Waals surface area contributed by atoms with Gasteiger partial charge in [-0.15, -0.1) is 11.3 Å². The molecule has 1 aromatic rings. The molecule has 19 heavy (non-hydrogen) atoms. The number of nitrogens with zero attached hydrogens (tertiary/aromatic N) is 1. The van der Waals surface area contributed by atoms with Crippen molar-refractivity contribution in [2.75, 3.05) is 32.7 Å². The second-order valence-corrected chi connectivity index (χ2v) is 6.88. The minimum Gasteiger partial charge on any atom is -0.314 e. The summed E-state index contributed by atoms with van der Waals surface area (Å²) < 4.78 is 0. The lowest BCUT2D eigenvalue weighted by Gasteiger charge is -2.41. The van der Waals surface area contributed by atoms with Gasteiger partial charge in [-0.2, -0.15) is 0 Å². The molecule has 0 unspecified atom stereocenters. The summed E-state index contributed by atoms with van der Waals surface area (Å²) in [5.41, 5.74) is 1.74. The molecule has 0 atom stereocenters. The first-order valence-corrected chi connectivity index (χ1v) is 8.23. The van der Waals surface area contributed by atoms with E-state index in [9.17, 15) is 0 Å². The summed E-state index contributed by atoms with van der Waals surface area (Å²) in [6.45, 7) is 13.5. The number of nitrogens with one attached hydrogen (secondary N) is 2. The third kappa shape index (κ3) is 4.02. The molecule has 0 spiro atoms. The topological polar surface area (TPSA) is 27.3 Å². The van der Waals surface area contributed by atoms with Gasteiger partial charge in [0.15, 0.2) is 0 Å². The molecule has 1 fully saturated rings. The van der Waals surface area contributed by atoms with Gasteiger partial charge in [-0.1, -0.05) is 6.92 Å². The van der Waals surface area contributed by atoms with Crippen molar-refractivity contribution in [2.45, 2.75) is 39.3 Å². The van der Waals surface area contributed by atoms with Gasteiger partial charge in [0.05, 0.1) is 0 Å². The Hall–Kier alpha value is -0.420. The lowest BCUT2D eigenvalue weighted by molar-refractivity contribution is 0.102. The number of thiophene rings is 1. The van der Waals surface area contributed by atoms with Gasteiger partial charge in [-0.25, -0.2) is 0 Å². The van der Waals surface area contributed by atoms with Gasteiger partial charge in [-0.3, -0.25) is 4.90 Å². The maximum atomic E-state index is 3.65. The highest BCUT2D eigenvalue weighted by atomic mass is 32.1. The van der Waals surface area contributed by atoms with Crippen molar-refractivity contribution >= 4 is 11.3 Å². The monoisotopic (exact) mass is 281 g/mol. The van der Waals surface area contributed by atoms with E-state index in [1.54, 1.807) is 0 Å². The normalized spacial score (nSPS) is 17.8. The van der Waals surface area contributed by atoms with Crippen molar-refractivity contribution in [1.29, 1.82) is 0 Å². The summed E-state index contributed by atoms with van der Waals surface area (Å²) in [4.78, 5) is 4.09. The average Bonchev–Trinajstić information content (AvgIpc) is 2.87. The fourth-order valence-electron chi connectivity index (χ4n) is 2.70. The molecule has 0 saturated carbocycles. The van der Waals surface area contributed by atoms with E-state index in [0.29, 0.717) is 0 Å². The van der Waals surface area contributed by atoms with Crippen LogP contribution in [0.15, 0.2) is 11.4 Å². The summed E-state index contributed by atoms with van der Waals surface area (Å²) in [6, 6.07) is 2.25. The van der Waals surface area contributed by atoms with E-state index in [1.807, 2.05) is 11.3 Å². The van der Waals surface area contributed by atoms with E-state index >= 15 is 0 Å². The molecule has 0 aromatic carbocycles. The minimum absolute atomic E-state index is 0.242. The van der Waals surface area contributed by atoms with Gasteiger partial charge in [0, 0.05) is 49.7 Å². The van der Waals surface area contributed by atoms with Crippen LogP contribution in [-0.2, 0) is 13.0 Å². The third-order valence-electron chi connectivity index (χ3n) is 4.03. The maximum absolute atomic E-state index is 3.65. The van der Waals surface area contributed by atoms with Gasteiger partial charge in [0.1, 0.15) is 0 Å². The molecule has 4 heteroatoms. The van der Waals surface area contributed by atoms with Crippen molar-refractivity contribution in [3.8, 4) is 0 Å². The smallest absolute Gasteiger partial charge is 0.0303 e. The summed E-state index contributed by atoms with van der Waals surface area (Å²) in [5, 5.41) is 9.27. The van der Waals surface area contributed by atoms with Crippen LogP contribution in [0.2, 0.25) is 0 Å².